The molecule has 0 saturated heterocycles. The Bertz CT molecular complexity index is 1620. The van der Waals surface area contributed by atoms with Gasteiger partial charge in [0.15, 0.2) is 0 Å². The number of rotatable bonds is 5. The summed E-state index contributed by atoms with van der Waals surface area (Å²) in [7, 11) is 1.87. The van der Waals surface area contributed by atoms with Gasteiger partial charge in [-0.1, -0.05) is 29.5 Å². The summed E-state index contributed by atoms with van der Waals surface area (Å²) in [6.07, 6.45) is 5.66. The minimum absolute atomic E-state index is 0.217. The number of benzene rings is 2. The van der Waals surface area contributed by atoms with Crippen LogP contribution in [-0.4, -0.2) is 48.1 Å². The number of aryl methyl sites for hydroxylation is 3. The zero-order valence-electron chi connectivity index (χ0n) is 24.1. The third kappa shape index (κ3) is 4.35. The van der Waals surface area contributed by atoms with Crippen molar-refractivity contribution in [1.29, 1.82) is 0 Å². The van der Waals surface area contributed by atoms with E-state index in [0.717, 1.165) is 65.0 Å². The fourth-order valence-electron chi connectivity index (χ4n) is 6.77. The summed E-state index contributed by atoms with van der Waals surface area (Å²) >= 11 is 0. The number of nitrogens with zero attached hydrogens (tertiary/aromatic N) is 5. The van der Waals surface area contributed by atoms with Gasteiger partial charge in [0.1, 0.15) is 16.9 Å². The first-order valence-electron chi connectivity index (χ1n) is 14.0. The largest absolute Gasteiger partial charge is 0.485 e. The van der Waals surface area contributed by atoms with Gasteiger partial charge in [-0.25, -0.2) is 4.68 Å². The molecule has 2 aromatic heterocycles. The molecule has 4 aromatic rings. The molecule has 8 heteroatoms. The minimum Gasteiger partial charge on any atom is -0.485 e. The van der Waals surface area contributed by atoms with Crippen LogP contribution < -0.4 is 4.74 Å². The first-order valence-corrected chi connectivity index (χ1v) is 14.0. The Morgan fingerprint density at radius 3 is 2.75 bits per heavy atom. The van der Waals surface area contributed by atoms with Crippen molar-refractivity contribution < 1.29 is 14.6 Å². The van der Waals surface area contributed by atoms with E-state index in [1.807, 2.05) is 52.3 Å². The Balaban J connectivity index is 1.45. The molecule has 0 spiro atoms. The Hall–Kier alpha value is -3.78. The molecule has 208 valence electrons. The number of hydrogen-bond acceptors (Lipinski definition) is 6. The molecule has 0 unspecified atom stereocenters. The van der Waals surface area contributed by atoms with Gasteiger partial charge in [-0.05, 0) is 87.4 Å². The van der Waals surface area contributed by atoms with Crippen LogP contribution >= 0.6 is 0 Å². The van der Waals surface area contributed by atoms with Gasteiger partial charge in [-0.3, -0.25) is 14.7 Å². The van der Waals surface area contributed by atoms with Crippen molar-refractivity contribution >= 4 is 17.0 Å². The molecule has 40 heavy (non-hydrogen) atoms. The van der Waals surface area contributed by atoms with Gasteiger partial charge >= 0.3 is 5.97 Å². The maximum absolute atomic E-state index is 12.7. The topological polar surface area (TPSA) is 93.4 Å². The number of hydrogen-bond donors (Lipinski definition) is 1. The Kier molecular flexibility index (Phi) is 6.22. The predicted molar refractivity (Wildman–Crippen MR) is 153 cm³/mol. The Morgan fingerprint density at radius 2 is 1.98 bits per heavy atom. The maximum Gasteiger partial charge on any atom is 0.310 e. The average molecular weight is 540 g/mol. The number of carboxylic acid groups (broad SMARTS) is 1. The molecule has 2 aliphatic rings. The molecule has 0 bridgehead atoms. The summed E-state index contributed by atoms with van der Waals surface area (Å²) in [5.74, 6) is -0.344. The van der Waals surface area contributed by atoms with Crippen molar-refractivity contribution in [2.45, 2.75) is 71.6 Å². The highest BCUT2D eigenvalue weighted by Gasteiger charge is 2.42. The van der Waals surface area contributed by atoms with Crippen molar-refractivity contribution in [2.75, 3.05) is 6.54 Å². The van der Waals surface area contributed by atoms with Crippen LogP contribution in [0.25, 0.3) is 11.0 Å². The summed E-state index contributed by atoms with van der Waals surface area (Å²) < 4.78 is 8.13. The van der Waals surface area contributed by atoms with Crippen LogP contribution in [0.2, 0.25) is 0 Å². The van der Waals surface area contributed by atoms with Crippen molar-refractivity contribution in [3.05, 3.63) is 82.2 Å². The molecule has 6 rings (SSSR count). The molecule has 0 saturated carbocycles. The number of aliphatic carboxylic acids is 1. The van der Waals surface area contributed by atoms with E-state index in [1.54, 1.807) is 4.68 Å². The number of carboxylic acids is 1. The summed E-state index contributed by atoms with van der Waals surface area (Å²) in [5.41, 5.74) is 7.05. The van der Waals surface area contributed by atoms with Gasteiger partial charge in [0.05, 0.1) is 17.1 Å². The Labute approximate surface area is 235 Å². The lowest BCUT2D eigenvalue weighted by molar-refractivity contribution is -0.147. The van der Waals surface area contributed by atoms with Gasteiger partial charge < -0.3 is 9.84 Å². The van der Waals surface area contributed by atoms with Crippen LogP contribution in [0.1, 0.15) is 79.5 Å². The van der Waals surface area contributed by atoms with E-state index >= 15 is 0 Å². The van der Waals surface area contributed by atoms with Crippen molar-refractivity contribution in [3.8, 4) is 5.75 Å². The third-order valence-electron chi connectivity index (χ3n) is 8.87. The number of aromatic nitrogens is 4. The summed E-state index contributed by atoms with van der Waals surface area (Å²) in [5, 5.41) is 19.0. The second-order valence-electron chi connectivity index (χ2n) is 12.6. The van der Waals surface area contributed by atoms with Crippen LogP contribution in [0.5, 0.6) is 5.75 Å². The predicted octanol–water partition coefficient (Wildman–Crippen LogP) is 5.57. The molecule has 0 amide bonds. The highest BCUT2D eigenvalue weighted by molar-refractivity contribution is 5.81. The van der Waals surface area contributed by atoms with E-state index in [-0.39, 0.29) is 17.6 Å². The number of carbonyl (C=O) groups is 1. The number of ether oxygens (including phenoxy) is 1. The molecule has 3 heterocycles. The lowest BCUT2D eigenvalue weighted by Gasteiger charge is -2.35. The van der Waals surface area contributed by atoms with Crippen LogP contribution in [0.3, 0.4) is 0 Å². The van der Waals surface area contributed by atoms with Gasteiger partial charge in [0.25, 0.3) is 0 Å². The molecule has 0 radical (unpaired) electrons. The highest BCUT2D eigenvalue weighted by atomic mass is 16.5. The Morgan fingerprint density at radius 1 is 1.18 bits per heavy atom. The van der Waals surface area contributed by atoms with Crippen LogP contribution in [0.4, 0.5) is 0 Å². The highest BCUT2D eigenvalue weighted by Crippen LogP contribution is 2.47. The first kappa shape index (κ1) is 26.4. The molecular weight excluding hydrogens is 502 g/mol. The van der Waals surface area contributed by atoms with Crippen LogP contribution in [-0.2, 0) is 24.8 Å². The molecule has 0 fully saturated rings. The van der Waals surface area contributed by atoms with Crippen LogP contribution in [0, 0.1) is 12.3 Å². The molecule has 1 aliphatic carbocycles. The second-order valence-corrected chi connectivity index (χ2v) is 12.6. The van der Waals surface area contributed by atoms with Gasteiger partial charge in [0.2, 0.25) is 0 Å². The third-order valence-corrected chi connectivity index (χ3v) is 8.87. The molecule has 2 atom stereocenters. The lowest BCUT2D eigenvalue weighted by atomic mass is 9.69. The van der Waals surface area contributed by atoms with Crippen molar-refractivity contribution in [3.63, 3.8) is 0 Å². The van der Waals surface area contributed by atoms with Crippen molar-refractivity contribution in [2.24, 2.45) is 12.5 Å². The average Bonchev–Trinajstić information content (AvgIpc) is 3.45. The SMILES string of the molecule is Cc1c([C@H](c2ccc3c(c2)[C@@H](N2Cc4ccncc4OC(C)(C)C2)CC3)C(C)(C)C(=O)O)ccc2c1nnn2C. The van der Waals surface area contributed by atoms with E-state index in [1.165, 1.54) is 11.1 Å². The summed E-state index contributed by atoms with van der Waals surface area (Å²) in [6.45, 7) is 11.5. The smallest absolute Gasteiger partial charge is 0.310 e. The van der Waals surface area contributed by atoms with Gasteiger partial charge in [-0.15, -0.1) is 5.10 Å². The fourth-order valence-corrected chi connectivity index (χ4v) is 6.77. The molecule has 8 nitrogen and oxygen atoms in total. The monoisotopic (exact) mass is 539 g/mol. The molecular formula is C32H37N5O3. The summed E-state index contributed by atoms with van der Waals surface area (Å²) in [4.78, 5) is 19.5. The van der Waals surface area contributed by atoms with E-state index in [4.69, 9.17) is 4.74 Å². The van der Waals surface area contributed by atoms with E-state index in [2.05, 4.69) is 58.3 Å². The standard InChI is InChI=1S/C32H37N5O3/c1-19-23(10-12-26-29(19)34-35-36(26)6)28(32(4,5)30(38)39)21-8-7-20-9-11-25(24(20)15-21)37-17-22-13-14-33-16-27(22)40-31(2,3)18-37/h7-8,10,12-16,25,28H,9,11,17-18H2,1-6H3,(H,38,39)/t25-,28-/m0/s1. The van der Waals surface area contributed by atoms with E-state index in [9.17, 15) is 9.90 Å². The van der Waals surface area contributed by atoms with Gasteiger partial charge in [-0.2, -0.15) is 0 Å². The zero-order chi connectivity index (χ0) is 28.4. The normalized spacial score (nSPS) is 19.5. The molecule has 1 aliphatic heterocycles. The minimum atomic E-state index is -1.05. The number of fused-ring (bicyclic) bond motifs is 3. The first-order chi connectivity index (χ1) is 19.0. The van der Waals surface area contributed by atoms with Gasteiger partial charge in [0, 0.05) is 43.9 Å². The number of pyridine rings is 1. The van der Waals surface area contributed by atoms with E-state index in [0.29, 0.717) is 0 Å². The zero-order valence-corrected chi connectivity index (χ0v) is 24.1. The van der Waals surface area contributed by atoms with Crippen molar-refractivity contribution in [1.82, 2.24) is 24.9 Å². The maximum atomic E-state index is 12.7. The lowest BCUT2D eigenvalue weighted by Crippen LogP contribution is -2.41. The summed E-state index contributed by atoms with van der Waals surface area (Å²) in [6, 6.07) is 12.9. The van der Waals surface area contributed by atoms with E-state index < -0.39 is 11.4 Å². The van der Waals surface area contributed by atoms with Crippen LogP contribution in [0.15, 0.2) is 48.8 Å². The molecule has 1 N–H and O–H groups in total. The second kappa shape index (κ2) is 9.41. The quantitative estimate of drug-likeness (QED) is 0.354. The molecule has 2 aromatic carbocycles. The fraction of sp³-hybridized carbons (Fsp3) is 0.438.